The first-order valence-corrected chi connectivity index (χ1v) is 9.98. The number of benzene rings is 1. The SMILES string of the molecule is CC(C)(COc1ncc(-c2ccc(Nc3nc4cccnc4s3)cc2)cn1)C(=O)[O-].[Na+]. The molecule has 10 heteroatoms. The Balaban J connectivity index is 0.00000272. The number of aliphatic carboxylic acids is 1. The van der Waals surface area contributed by atoms with E-state index < -0.39 is 11.4 Å². The number of ether oxygens (including phenoxy) is 1. The molecule has 8 nitrogen and oxygen atoms in total. The Kier molecular flexibility index (Phi) is 7.22. The van der Waals surface area contributed by atoms with Crippen LogP contribution in [0.4, 0.5) is 10.8 Å². The molecule has 1 N–H and O–H groups in total. The van der Waals surface area contributed by atoms with Crippen LogP contribution < -0.4 is 44.7 Å². The molecule has 0 radical (unpaired) electrons. The van der Waals surface area contributed by atoms with Gasteiger partial charge in [-0.2, -0.15) is 0 Å². The number of nitrogens with one attached hydrogen (secondary N) is 1. The van der Waals surface area contributed by atoms with Gasteiger partial charge < -0.3 is 20.0 Å². The maximum absolute atomic E-state index is 11.0. The van der Waals surface area contributed by atoms with Gasteiger partial charge in [0.2, 0.25) is 0 Å². The second-order valence-corrected chi connectivity index (χ2v) is 8.24. The van der Waals surface area contributed by atoms with E-state index in [1.807, 2.05) is 36.4 Å². The van der Waals surface area contributed by atoms with Gasteiger partial charge in [-0.05, 0) is 29.8 Å². The first-order chi connectivity index (χ1) is 14.4. The van der Waals surface area contributed by atoms with Crippen molar-refractivity contribution in [1.29, 1.82) is 0 Å². The number of thiazole rings is 1. The van der Waals surface area contributed by atoms with Gasteiger partial charge in [-0.15, -0.1) is 0 Å². The molecule has 0 saturated heterocycles. The van der Waals surface area contributed by atoms with Crippen LogP contribution in [0, 0.1) is 5.41 Å². The molecule has 0 atom stereocenters. The first kappa shape index (κ1) is 23.1. The number of aromatic nitrogens is 4. The summed E-state index contributed by atoms with van der Waals surface area (Å²) < 4.78 is 5.37. The number of carboxylic acid groups (broad SMARTS) is 1. The van der Waals surface area contributed by atoms with Gasteiger partial charge in [0, 0.05) is 35.3 Å². The van der Waals surface area contributed by atoms with E-state index >= 15 is 0 Å². The van der Waals surface area contributed by atoms with Crippen LogP contribution in [0.25, 0.3) is 21.5 Å². The molecule has 0 unspecified atom stereocenters. The van der Waals surface area contributed by atoms with Crippen molar-refractivity contribution in [2.45, 2.75) is 13.8 Å². The van der Waals surface area contributed by atoms with Crippen molar-refractivity contribution < 1.29 is 44.2 Å². The van der Waals surface area contributed by atoms with Crippen LogP contribution >= 0.6 is 11.3 Å². The fourth-order valence-electron chi connectivity index (χ4n) is 2.54. The molecule has 4 aromatic rings. The van der Waals surface area contributed by atoms with E-state index in [0.717, 1.165) is 32.3 Å². The second-order valence-electron chi connectivity index (χ2n) is 7.26. The fraction of sp³-hybridized carbons (Fsp3) is 0.190. The molecule has 1 aromatic carbocycles. The Morgan fingerprint density at radius 2 is 1.81 bits per heavy atom. The topological polar surface area (TPSA) is 113 Å². The molecule has 0 fully saturated rings. The average Bonchev–Trinajstić information content (AvgIpc) is 3.15. The van der Waals surface area contributed by atoms with E-state index in [0.29, 0.717) is 0 Å². The average molecular weight is 443 g/mol. The van der Waals surface area contributed by atoms with Crippen LogP contribution in [-0.2, 0) is 4.79 Å². The third kappa shape index (κ3) is 5.56. The Morgan fingerprint density at radius 3 is 2.45 bits per heavy atom. The number of hydrogen-bond acceptors (Lipinski definition) is 9. The Hall–Kier alpha value is -2.59. The molecule has 0 amide bonds. The number of nitrogens with zero attached hydrogens (tertiary/aromatic N) is 4. The van der Waals surface area contributed by atoms with E-state index in [-0.39, 0.29) is 42.2 Å². The van der Waals surface area contributed by atoms with Crippen molar-refractivity contribution in [2.75, 3.05) is 11.9 Å². The van der Waals surface area contributed by atoms with Crippen LogP contribution in [-0.4, -0.2) is 32.5 Å². The summed E-state index contributed by atoms with van der Waals surface area (Å²) in [5, 5.41) is 15.1. The van der Waals surface area contributed by atoms with E-state index in [9.17, 15) is 9.90 Å². The van der Waals surface area contributed by atoms with Crippen LogP contribution in [0.2, 0.25) is 0 Å². The Bertz CT molecular complexity index is 1150. The molecule has 31 heavy (non-hydrogen) atoms. The molecule has 3 heterocycles. The van der Waals surface area contributed by atoms with Crippen LogP contribution in [0.15, 0.2) is 55.0 Å². The number of anilines is 2. The number of pyridine rings is 1. The van der Waals surface area contributed by atoms with Gasteiger partial charge in [0.1, 0.15) is 17.0 Å². The molecular weight excluding hydrogens is 425 g/mol. The van der Waals surface area contributed by atoms with Gasteiger partial charge in [0.15, 0.2) is 5.13 Å². The predicted molar refractivity (Wildman–Crippen MR) is 112 cm³/mol. The second kappa shape index (κ2) is 9.69. The number of rotatable bonds is 7. The molecule has 4 rings (SSSR count). The van der Waals surface area contributed by atoms with Crippen molar-refractivity contribution in [1.82, 2.24) is 19.9 Å². The van der Waals surface area contributed by atoms with E-state index in [1.165, 1.54) is 25.2 Å². The summed E-state index contributed by atoms with van der Waals surface area (Å²) in [6.45, 7) is 2.98. The minimum absolute atomic E-state index is 0. The number of carbonyl (C=O) groups excluding carboxylic acids is 1. The summed E-state index contributed by atoms with van der Waals surface area (Å²) in [6, 6.07) is 11.7. The van der Waals surface area contributed by atoms with E-state index in [2.05, 4.69) is 25.3 Å². The summed E-state index contributed by atoms with van der Waals surface area (Å²) in [7, 11) is 0. The van der Waals surface area contributed by atoms with Gasteiger partial charge in [0.05, 0.1) is 5.97 Å². The molecule has 0 aliphatic carbocycles. The Morgan fingerprint density at radius 1 is 1.10 bits per heavy atom. The maximum atomic E-state index is 11.0. The third-order valence-corrected chi connectivity index (χ3v) is 5.27. The van der Waals surface area contributed by atoms with Crippen molar-refractivity contribution >= 4 is 38.5 Å². The monoisotopic (exact) mass is 443 g/mol. The van der Waals surface area contributed by atoms with E-state index in [4.69, 9.17) is 4.74 Å². The van der Waals surface area contributed by atoms with Crippen LogP contribution in [0.3, 0.4) is 0 Å². The van der Waals surface area contributed by atoms with Gasteiger partial charge in [-0.1, -0.05) is 37.3 Å². The summed E-state index contributed by atoms with van der Waals surface area (Å²) in [5.41, 5.74) is 2.40. The van der Waals surface area contributed by atoms with Crippen LogP contribution in [0.1, 0.15) is 13.8 Å². The molecule has 0 bridgehead atoms. The quantitative estimate of drug-likeness (QED) is 0.399. The molecule has 0 aliphatic rings. The third-order valence-electron chi connectivity index (χ3n) is 4.38. The Labute approximate surface area is 205 Å². The smallest absolute Gasteiger partial charge is 0.549 e. The zero-order valence-corrected chi connectivity index (χ0v) is 20.1. The maximum Gasteiger partial charge on any atom is 1.00 e. The number of fused-ring (bicyclic) bond motifs is 1. The van der Waals surface area contributed by atoms with Crippen molar-refractivity contribution in [2.24, 2.45) is 5.41 Å². The summed E-state index contributed by atoms with van der Waals surface area (Å²) in [6.07, 6.45) is 5.02. The number of carboxylic acids is 1. The standard InChI is InChI=1S/C21H19N5O3S.Na/c1-21(2,18(27)28)12-29-19-23-10-14(11-24-19)13-5-7-15(8-6-13)25-20-26-16-4-3-9-22-17(16)30-20;/h3-11H,12H2,1-2H3,(H,25,26)(H,27,28);/q;+1/p-1. The number of hydrogen-bond donors (Lipinski definition) is 1. The van der Waals surface area contributed by atoms with Crippen molar-refractivity contribution in [3.63, 3.8) is 0 Å². The van der Waals surface area contributed by atoms with Gasteiger partial charge >= 0.3 is 35.6 Å². The van der Waals surface area contributed by atoms with Gasteiger partial charge in [-0.25, -0.2) is 19.9 Å². The zero-order valence-electron chi connectivity index (χ0n) is 17.3. The van der Waals surface area contributed by atoms with Gasteiger partial charge in [0.25, 0.3) is 0 Å². The predicted octanol–water partition coefficient (Wildman–Crippen LogP) is 0.0508. The van der Waals surface area contributed by atoms with Crippen molar-refractivity contribution in [3.05, 3.63) is 55.0 Å². The minimum atomic E-state index is -1.19. The molecule has 3 aromatic heterocycles. The molecule has 0 saturated carbocycles. The largest absolute Gasteiger partial charge is 1.00 e. The number of carbonyl (C=O) groups is 1. The minimum Gasteiger partial charge on any atom is -0.549 e. The zero-order chi connectivity index (χ0) is 21.1. The summed E-state index contributed by atoms with van der Waals surface area (Å²) >= 11 is 1.49. The summed E-state index contributed by atoms with van der Waals surface area (Å²) in [4.78, 5) is 29.0. The van der Waals surface area contributed by atoms with E-state index in [1.54, 1.807) is 18.6 Å². The normalized spacial score (nSPS) is 11.0. The van der Waals surface area contributed by atoms with Gasteiger partial charge in [-0.3, -0.25) is 0 Å². The molecular formula is C21H18N5NaO3S. The fourth-order valence-corrected chi connectivity index (χ4v) is 3.36. The summed E-state index contributed by atoms with van der Waals surface area (Å²) in [5.74, 6) is -1.19. The molecule has 152 valence electrons. The first-order valence-electron chi connectivity index (χ1n) is 9.16. The van der Waals surface area contributed by atoms with Crippen molar-refractivity contribution in [3.8, 4) is 17.1 Å². The molecule has 0 spiro atoms. The van der Waals surface area contributed by atoms with Crippen LogP contribution in [0.5, 0.6) is 6.01 Å². The molecule has 0 aliphatic heterocycles.